The molecule has 0 radical (unpaired) electrons. The largest absolute Gasteiger partial charge is 0.344 e. The minimum absolute atomic E-state index is 0.00770. The van der Waals surface area contributed by atoms with Crippen LogP contribution in [0, 0.1) is 13.8 Å². The van der Waals surface area contributed by atoms with E-state index in [1.54, 1.807) is 16.5 Å². The molecule has 0 saturated heterocycles. The molecule has 0 spiro atoms. The number of nitrogens with zero attached hydrogens (tertiary/aromatic N) is 3. The summed E-state index contributed by atoms with van der Waals surface area (Å²) in [5.41, 5.74) is 4.25. The maximum Gasteiger partial charge on any atom is 0.344 e. The van der Waals surface area contributed by atoms with Gasteiger partial charge in [0.2, 0.25) is 5.91 Å². The number of hydrogen-bond donors (Lipinski definition) is 1. The first-order valence-electron chi connectivity index (χ1n) is 9.06. The van der Waals surface area contributed by atoms with Gasteiger partial charge in [0.05, 0.1) is 12.3 Å². The van der Waals surface area contributed by atoms with Crippen LogP contribution in [-0.2, 0) is 17.9 Å². The number of thioether (sulfide) groups is 1. The Labute approximate surface area is 168 Å². The minimum atomic E-state index is -0.276. The smallest absolute Gasteiger partial charge is 0.341 e. The van der Waals surface area contributed by atoms with E-state index < -0.39 is 0 Å². The molecule has 0 bridgehead atoms. The van der Waals surface area contributed by atoms with Crippen molar-refractivity contribution in [1.82, 2.24) is 19.7 Å². The summed E-state index contributed by atoms with van der Waals surface area (Å²) < 4.78 is 1.55. The Morgan fingerprint density at radius 1 is 1.18 bits per heavy atom. The molecule has 0 saturated carbocycles. The van der Waals surface area contributed by atoms with Crippen LogP contribution >= 0.6 is 11.8 Å². The first-order valence-corrected chi connectivity index (χ1v) is 10.0. The lowest BCUT2D eigenvalue weighted by atomic mass is 10.1. The predicted molar refractivity (Wildman–Crippen MR) is 112 cm³/mol. The van der Waals surface area contributed by atoms with E-state index in [9.17, 15) is 9.59 Å². The van der Waals surface area contributed by atoms with Crippen molar-refractivity contribution in [1.29, 1.82) is 0 Å². The topological polar surface area (TPSA) is 71.0 Å². The zero-order chi connectivity index (χ0) is 20.1. The van der Waals surface area contributed by atoms with Crippen LogP contribution in [-0.4, -0.2) is 38.4 Å². The Bertz CT molecular complexity index is 1010. The third-order valence-corrected chi connectivity index (χ3v) is 5.52. The molecule has 0 atom stereocenters. The molecule has 7 heteroatoms. The van der Waals surface area contributed by atoms with Gasteiger partial charge < -0.3 is 4.90 Å². The molecule has 1 amide bonds. The summed E-state index contributed by atoms with van der Waals surface area (Å²) in [5.74, 6) is 0.215. The maximum absolute atomic E-state index is 12.6. The number of aromatic nitrogens is 3. The first kappa shape index (κ1) is 19.9. The van der Waals surface area contributed by atoms with Crippen LogP contribution in [0.4, 0.5) is 0 Å². The number of hydrogen-bond acceptors (Lipinski definition) is 4. The van der Waals surface area contributed by atoms with E-state index in [1.807, 2.05) is 30.3 Å². The van der Waals surface area contributed by atoms with Gasteiger partial charge in [0, 0.05) is 13.6 Å². The predicted octanol–water partition coefficient (Wildman–Crippen LogP) is 2.99. The third kappa shape index (κ3) is 4.92. The summed E-state index contributed by atoms with van der Waals surface area (Å²) in [6.45, 7) is 5.09. The van der Waals surface area contributed by atoms with Crippen LogP contribution in [0.15, 0.2) is 58.5 Å². The highest BCUT2D eigenvalue weighted by Gasteiger charge is 2.15. The van der Waals surface area contributed by atoms with Crippen LogP contribution in [0.3, 0.4) is 0 Å². The van der Waals surface area contributed by atoms with Gasteiger partial charge in [0.1, 0.15) is 0 Å². The number of nitrogens with one attached hydrogen (secondary N) is 1. The number of carbonyl (C=O) groups is 1. The van der Waals surface area contributed by atoms with Crippen molar-refractivity contribution >= 4 is 17.7 Å². The Kier molecular flexibility index (Phi) is 6.36. The summed E-state index contributed by atoms with van der Waals surface area (Å²) in [7, 11) is 1.80. The standard InChI is InChI=1S/C21H24N4O2S/c1-15-9-10-18(16(2)11-15)13-24(3)19(26)14-28-21-23-22-20(27)25(21)12-17-7-5-4-6-8-17/h4-11H,12-14H2,1-3H3,(H,22,27). The van der Waals surface area contributed by atoms with Crippen molar-refractivity contribution in [3.8, 4) is 0 Å². The van der Waals surface area contributed by atoms with Crippen molar-refractivity contribution in [2.75, 3.05) is 12.8 Å². The highest BCUT2D eigenvalue weighted by molar-refractivity contribution is 7.99. The van der Waals surface area contributed by atoms with Crippen LogP contribution in [0.2, 0.25) is 0 Å². The van der Waals surface area contributed by atoms with Crippen LogP contribution < -0.4 is 5.69 Å². The lowest BCUT2D eigenvalue weighted by Crippen LogP contribution is -2.28. The number of benzene rings is 2. The summed E-state index contributed by atoms with van der Waals surface area (Å²) in [6.07, 6.45) is 0. The van der Waals surface area contributed by atoms with Crippen LogP contribution in [0.1, 0.15) is 22.3 Å². The Balaban J connectivity index is 1.62. The molecule has 146 valence electrons. The fourth-order valence-electron chi connectivity index (χ4n) is 2.92. The van der Waals surface area contributed by atoms with Gasteiger partial charge in [-0.15, -0.1) is 5.10 Å². The molecule has 1 aromatic heterocycles. The van der Waals surface area contributed by atoms with Gasteiger partial charge in [-0.3, -0.25) is 9.36 Å². The second-order valence-electron chi connectivity index (χ2n) is 6.85. The number of carbonyl (C=O) groups excluding carboxylic acids is 1. The quantitative estimate of drug-likeness (QED) is 0.623. The minimum Gasteiger partial charge on any atom is -0.341 e. The number of amides is 1. The molecule has 6 nitrogen and oxygen atoms in total. The monoisotopic (exact) mass is 396 g/mol. The molecule has 0 aliphatic heterocycles. The van der Waals surface area contributed by atoms with Gasteiger partial charge >= 0.3 is 5.69 Å². The number of H-pyrrole nitrogens is 1. The van der Waals surface area contributed by atoms with Crippen molar-refractivity contribution in [3.05, 3.63) is 81.3 Å². The van der Waals surface area contributed by atoms with E-state index in [-0.39, 0.29) is 17.3 Å². The van der Waals surface area contributed by atoms with Gasteiger partial charge in [-0.2, -0.15) is 0 Å². The fourth-order valence-corrected chi connectivity index (χ4v) is 3.81. The Hall–Kier alpha value is -2.80. The average molecular weight is 397 g/mol. The van der Waals surface area contributed by atoms with E-state index in [0.29, 0.717) is 18.2 Å². The molecule has 28 heavy (non-hydrogen) atoms. The van der Waals surface area contributed by atoms with E-state index in [2.05, 4.69) is 42.2 Å². The molecule has 2 aromatic carbocycles. The maximum atomic E-state index is 12.6. The molecule has 0 unspecified atom stereocenters. The molecule has 3 rings (SSSR count). The summed E-state index contributed by atoms with van der Waals surface area (Å²) in [4.78, 5) is 26.3. The lowest BCUT2D eigenvalue weighted by Gasteiger charge is -2.18. The van der Waals surface area contributed by atoms with Gasteiger partial charge in [0.15, 0.2) is 5.16 Å². The van der Waals surface area contributed by atoms with Crippen molar-refractivity contribution in [3.63, 3.8) is 0 Å². The zero-order valence-corrected chi connectivity index (χ0v) is 17.1. The summed E-state index contributed by atoms with van der Waals surface area (Å²) >= 11 is 1.27. The zero-order valence-electron chi connectivity index (χ0n) is 16.3. The summed E-state index contributed by atoms with van der Waals surface area (Å²) in [5, 5.41) is 7.06. The lowest BCUT2D eigenvalue weighted by molar-refractivity contribution is -0.127. The van der Waals surface area contributed by atoms with Crippen molar-refractivity contribution in [2.24, 2.45) is 0 Å². The van der Waals surface area contributed by atoms with E-state index in [0.717, 1.165) is 11.1 Å². The number of aryl methyl sites for hydroxylation is 2. The van der Waals surface area contributed by atoms with Gasteiger partial charge in [-0.1, -0.05) is 65.9 Å². The van der Waals surface area contributed by atoms with E-state index >= 15 is 0 Å². The van der Waals surface area contributed by atoms with Gasteiger partial charge in [-0.25, -0.2) is 9.89 Å². The number of aromatic amines is 1. The van der Waals surface area contributed by atoms with Crippen molar-refractivity contribution < 1.29 is 4.79 Å². The molecule has 0 aliphatic rings. The van der Waals surface area contributed by atoms with Gasteiger partial charge in [0.25, 0.3) is 0 Å². The van der Waals surface area contributed by atoms with Crippen molar-refractivity contribution in [2.45, 2.75) is 32.1 Å². The summed E-state index contributed by atoms with van der Waals surface area (Å²) in [6, 6.07) is 15.9. The number of rotatable bonds is 7. The second-order valence-corrected chi connectivity index (χ2v) is 7.79. The SMILES string of the molecule is Cc1ccc(CN(C)C(=O)CSc2n[nH]c(=O)n2Cc2ccccc2)c(C)c1. The third-order valence-electron chi connectivity index (χ3n) is 4.56. The molecule has 0 fully saturated rings. The van der Waals surface area contributed by atoms with E-state index in [1.165, 1.54) is 22.9 Å². The molecular weight excluding hydrogens is 372 g/mol. The van der Waals surface area contributed by atoms with Gasteiger partial charge in [-0.05, 0) is 30.5 Å². The fraction of sp³-hybridized carbons (Fsp3) is 0.286. The first-order chi connectivity index (χ1) is 13.4. The Morgan fingerprint density at radius 2 is 1.93 bits per heavy atom. The molecule has 3 aromatic rings. The molecule has 1 N–H and O–H groups in total. The molecular formula is C21H24N4O2S. The molecule has 0 aliphatic carbocycles. The van der Waals surface area contributed by atoms with E-state index in [4.69, 9.17) is 0 Å². The highest BCUT2D eigenvalue weighted by Crippen LogP contribution is 2.17. The normalized spacial score (nSPS) is 10.8. The average Bonchev–Trinajstić information content (AvgIpc) is 3.02. The Morgan fingerprint density at radius 3 is 2.64 bits per heavy atom. The highest BCUT2D eigenvalue weighted by atomic mass is 32.2. The molecule has 1 heterocycles. The van der Waals surface area contributed by atoms with Crippen LogP contribution in [0.5, 0.6) is 0 Å². The van der Waals surface area contributed by atoms with Crippen LogP contribution in [0.25, 0.3) is 0 Å². The second kappa shape index (κ2) is 8.93.